The largest absolute Gasteiger partial charge is 0.373 e. The molecule has 1 heterocycles. The van der Waals surface area contributed by atoms with Crippen molar-refractivity contribution in [1.82, 2.24) is 10.3 Å². The van der Waals surface area contributed by atoms with Crippen LogP contribution in [0.2, 0.25) is 0 Å². The second-order valence-electron chi connectivity index (χ2n) is 7.36. The van der Waals surface area contributed by atoms with Crippen molar-refractivity contribution >= 4 is 23.3 Å². The fraction of sp³-hybridized carbons (Fsp3) is 0.409. The van der Waals surface area contributed by atoms with Crippen molar-refractivity contribution in [2.45, 2.75) is 39.0 Å². The first-order valence-electron chi connectivity index (χ1n) is 9.91. The number of nitrogens with zero attached hydrogens (tertiary/aromatic N) is 1. The van der Waals surface area contributed by atoms with Crippen molar-refractivity contribution in [2.75, 3.05) is 24.2 Å². The summed E-state index contributed by atoms with van der Waals surface area (Å²) in [6, 6.07) is 8.80. The number of rotatable bonds is 7. The number of carbonyl (C=O) groups is 2. The Kier molecular flexibility index (Phi) is 6.63. The fourth-order valence-corrected chi connectivity index (χ4v) is 3.61. The van der Waals surface area contributed by atoms with Crippen molar-refractivity contribution in [3.63, 3.8) is 0 Å². The Morgan fingerprint density at radius 3 is 2.57 bits per heavy atom. The molecule has 2 aromatic rings. The summed E-state index contributed by atoms with van der Waals surface area (Å²) < 4.78 is 0. The molecule has 6 heteroatoms. The molecule has 2 amide bonds. The van der Waals surface area contributed by atoms with E-state index in [9.17, 15) is 9.59 Å². The molecule has 1 aliphatic rings. The Labute approximate surface area is 166 Å². The third-order valence-corrected chi connectivity index (χ3v) is 5.33. The van der Waals surface area contributed by atoms with Gasteiger partial charge in [0.15, 0.2) is 0 Å². The van der Waals surface area contributed by atoms with Gasteiger partial charge in [0.2, 0.25) is 0 Å². The molecule has 28 heavy (non-hydrogen) atoms. The number of nitrogens with one attached hydrogen (secondary N) is 3. The van der Waals surface area contributed by atoms with Crippen LogP contribution in [0.4, 0.5) is 11.5 Å². The second kappa shape index (κ2) is 9.35. The molecule has 0 spiro atoms. The van der Waals surface area contributed by atoms with Gasteiger partial charge >= 0.3 is 0 Å². The highest BCUT2D eigenvalue weighted by molar-refractivity contribution is 6.07. The van der Waals surface area contributed by atoms with E-state index in [-0.39, 0.29) is 11.8 Å². The first-order chi connectivity index (χ1) is 13.6. The van der Waals surface area contributed by atoms with Gasteiger partial charge in [0.1, 0.15) is 5.82 Å². The molecule has 0 atom stereocenters. The van der Waals surface area contributed by atoms with Crippen molar-refractivity contribution in [3.05, 3.63) is 53.2 Å². The minimum Gasteiger partial charge on any atom is -0.373 e. The van der Waals surface area contributed by atoms with Crippen LogP contribution >= 0.6 is 0 Å². The molecule has 148 valence electrons. The number of amides is 2. The minimum absolute atomic E-state index is 0.132. The maximum Gasteiger partial charge on any atom is 0.255 e. The van der Waals surface area contributed by atoms with Gasteiger partial charge in [0.25, 0.3) is 11.8 Å². The van der Waals surface area contributed by atoms with Gasteiger partial charge in [-0.15, -0.1) is 0 Å². The van der Waals surface area contributed by atoms with Crippen LogP contribution in [0.1, 0.15) is 58.4 Å². The highest BCUT2D eigenvalue weighted by Gasteiger charge is 2.16. The predicted octanol–water partition coefficient (Wildman–Crippen LogP) is 3.99. The number of aryl methyl sites for hydroxylation is 1. The van der Waals surface area contributed by atoms with Gasteiger partial charge in [0, 0.05) is 24.7 Å². The van der Waals surface area contributed by atoms with Crippen molar-refractivity contribution in [3.8, 4) is 0 Å². The van der Waals surface area contributed by atoms with Crippen LogP contribution in [0.3, 0.4) is 0 Å². The lowest BCUT2D eigenvalue weighted by molar-refractivity contribution is 0.0951. The van der Waals surface area contributed by atoms with Crippen molar-refractivity contribution in [2.24, 2.45) is 5.92 Å². The van der Waals surface area contributed by atoms with E-state index < -0.39 is 0 Å². The zero-order chi connectivity index (χ0) is 19.9. The highest BCUT2D eigenvalue weighted by Crippen LogP contribution is 2.27. The summed E-state index contributed by atoms with van der Waals surface area (Å²) in [5.74, 6) is 1.08. The minimum atomic E-state index is -0.253. The van der Waals surface area contributed by atoms with Gasteiger partial charge < -0.3 is 16.0 Å². The zero-order valence-corrected chi connectivity index (χ0v) is 16.5. The van der Waals surface area contributed by atoms with Gasteiger partial charge in [-0.05, 0) is 49.1 Å². The first kappa shape index (κ1) is 19.9. The van der Waals surface area contributed by atoms with E-state index in [2.05, 4.69) is 20.9 Å². The van der Waals surface area contributed by atoms with Gasteiger partial charge in [-0.25, -0.2) is 4.98 Å². The van der Waals surface area contributed by atoms with Crippen LogP contribution < -0.4 is 16.0 Å². The number of pyridine rings is 1. The van der Waals surface area contributed by atoms with Crippen molar-refractivity contribution in [1.29, 1.82) is 0 Å². The Morgan fingerprint density at radius 2 is 1.89 bits per heavy atom. The zero-order valence-electron chi connectivity index (χ0n) is 16.5. The summed E-state index contributed by atoms with van der Waals surface area (Å²) in [6.45, 7) is 2.54. The average Bonchev–Trinajstić information content (AvgIpc) is 3.22. The van der Waals surface area contributed by atoms with E-state index in [1.807, 2.05) is 13.0 Å². The number of carbonyl (C=O) groups excluding carboxylic acids is 2. The molecule has 3 N–H and O–H groups in total. The first-order valence-corrected chi connectivity index (χ1v) is 9.91. The van der Waals surface area contributed by atoms with E-state index in [4.69, 9.17) is 0 Å². The van der Waals surface area contributed by atoms with E-state index in [1.165, 1.54) is 25.7 Å². The summed E-state index contributed by atoms with van der Waals surface area (Å²) >= 11 is 0. The SMILES string of the molecule is CNc1ccc(NC(=O)c2cc(C(=O)NCCC3CCCC3)ccc2C)cn1. The maximum atomic E-state index is 12.7. The lowest BCUT2D eigenvalue weighted by Crippen LogP contribution is -2.26. The van der Waals surface area contributed by atoms with Gasteiger partial charge in [-0.3, -0.25) is 9.59 Å². The molecule has 1 saturated carbocycles. The third kappa shape index (κ3) is 5.09. The third-order valence-electron chi connectivity index (χ3n) is 5.33. The topological polar surface area (TPSA) is 83.1 Å². The number of hydrogen-bond donors (Lipinski definition) is 3. The molecule has 1 fully saturated rings. The van der Waals surface area contributed by atoms with Crippen LogP contribution in [0.25, 0.3) is 0 Å². The number of hydrogen-bond acceptors (Lipinski definition) is 4. The molecule has 0 radical (unpaired) electrons. The molecule has 0 saturated heterocycles. The molecule has 0 unspecified atom stereocenters. The molecule has 0 bridgehead atoms. The summed E-state index contributed by atoms with van der Waals surface area (Å²) in [6.07, 6.45) is 7.79. The summed E-state index contributed by atoms with van der Waals surface area (Å²) in [4.78, 5) is 29.3. The summed E-state index contributed by atoms with van der Waals surface area (Å²) in [5.41, 5.74) is 2.42. The van der Waals surface area contributed by atoms with E-state index in [0.717, 1.165) is 23.7 Å². The summed E-state index contributed by atoms with van der Waals surface area (Å²) in [5, 5.41) is 8.76. The quantitative estimate of drug-likeness (QED) is 0.678. The summed E-state index contributed by atoms with van der Waals surface area (Å²) in [7, 11) is 1.79. The number of anilines is 2. The molecule has 3 rings (SSSR count). The lowest BCUT2D eigenvalue weighted by atomic mass is 10.0. The molecular formula is C22H28N4O2. The van der Waals surface area contributed by atoms with Crippen LogP contribution in [0.15, 0.2) is 36.5 Å². The fourth-order valence-electron chi connectivity index (χ4n) is 3.61. The molecule has 1 aromatic heterocycles. The monoisotopic (exact) mass is 380 g/mol. The van der Waals surface area contributed by atoms with Gasteiger partial charge in [-0.2, -0.15) is 0 Å². The lowest BCUT2D eigenvalue weighted by Gasteiger charge is -2.12. The number of aromatic nitrogens is 1. The normalized spacial score (nSPS) is 13.9. The van der Waals surface area contributed by atoms with Crippen molar-refractivity contribution < 1.29 is 9.59 Å². The van der Waals surface area contributed by atoms with Crippen LogP contribution in [0, 0.1) is 12.8 Å². The Morgan fingerprint density at radius 1 is 1.11 bits per heavy atom. The Hall–Kier alpha value is -2.89. The average molecular weight is 380 g/mol. The molecular weight excluding hydrogens is 352 g/mol. The second-order valence-corrected chi connectivity index (χ2v) is 7.36. The van der Waals surface area contributed by atoms with Gasteiger partial charge in [-0.1, -0.05) is 31.7 Å². The maximum absolute atomic E-state index is 12.7. The Balaban J connectivity index is 1.62. The molecule has 6 nitrogen and oxygen atoms in total. The van der Waals surface area contributed by atoms with Crippen LogP contribution in [-0.4, -0.2) is 30.4 Å². The standard InChI is InChI=1S/C22H28N4O2/c1-15-7-8-17(21(27)24-12-11-16-5-3-4-6-16)13-19(15)22(28)26-18-9-10-20(23-2)25-14-18/h7-10,13-14,16H,3-6,11-12H2,1-2H3,(H,23,25)(H,24,27)(H,26,28). The van der Waals surface area contributed by atoms with Gasteiger partial charge in [0.05, 0.1) is 11.9 Å². The van der Waals surface area contributed by atoms with E-state index in [1.54, 1.807) is 37.5 Å². The number of benzene rings is 1. The van der Waals surface area contributed by atoms with Crippen LogP contribution in [-0.2, 0) is 0 Å². The predicted molar refractivity (Wildman–Crippen MR) is 112 cm³/mol. The Bertz CT molecular complexity index is 827. The highest BCUT2D eigenvalue weighted by atomic mass is 16.2. The van der Waals surface area contributed by atoms with E-state index >= 15 is 0 Å². The van der Waals surface area contributed by atoms with E-state index in [0.29, 0.717) is 23.4 Å². The smallest absolute Gasteiger partial charge is 0.255 e. The molecule has 0 aliphatic heterocycles. The molecule has 1 aromatic carbocycles. The molecule has 1 aliphatic carbocycles. The van der Waals surface area contributed by atoms with Crippen LogP contribution in [0.5, 0.6) is 0 Å².